The second-order valence-electron chi connectivity index (χ2n) is 2.42. The molecule has 0 fully saturated rings. The molecule has 0 heterocycles. The molecule has 0 aliphatic rings. The van der Waals surface area contributed by atoms with Crippen LogP contribution in [0.15, 0.2) is 23.1 Å². The normalized spacial score (nSPS) is 11.5. The van der Waals surface area contributed by atoms with E-state index < -0.39 is 10.1 Å². The molecule has 66 valence electrons. The number of aromatic hydroxyl groups is 1. The van der Waals surface area contributed by atoms with Crippen LogP contribution in [0.5, 0.6) is 5.75 Å². The van der Waals surface area contributed by atoms with Crippen LogP contribution in [-0.2, 0) is 10.1 Å². The van der Waals surface area contributed by atoms with E-state index in [1.54, 1.807) is 6.92 Å². The van der Waals surface area contributed by atoms with Crippen molar-refractivity contribution in [2.24, 2.45) is 0 Å². The maximum absolute atomic E-state index is 10.5. The van der Waals surface area contributed by atoms with Crippen molar-refractivity contribution >= 4 is 10.1 Å². The Labute approximate surface area is 70.2 Å². The van der Waals surface area contributed by atoms with Crippen LogP contribution in [0.25, 0.3) is 0 Å². The molecule has 0 radical (unpaired) electrons. The lowest BCUT2D eigenvalue weighted by atomic mass is 10.2. The zero-order valence-corrected chi connectivity index (χ0v) is 7.17. The highest BCUT2D eigenvalue weighted by Gasteiger charge is 2.10. The fourth-order valence-corrected chi connectivity index (χ4v) is 1.25. The van der Waals surface area contributed by atoms with Crippen LogP contribution < -0.4 is 0 Å². The topological polar surface area (TPSA) is 74.6 Å². The SMILES string of the molecule is Cc1ccc(S(=O)(=O)O)cc1O. The maximum Gasteiger partial charge on any atom is 0.294 e. The lowest BCUT2D eigenvalue weighted by Gasteiger charge is -2.00. The smallest absolute Gasteiger partial charge is 0.294 e. The molecule has 1 aromatic rings. The number of hydrogen-bond acceptors (Lipinski definition) is 3. The van der Waals surface area contributed by atoms with Crippen LogP contribution in [-0.4, -0.2) is 18.1 Å². The molecule has 0 unspecified atom stereocenters. The molecule has 0 saturated carbocycles. The average Bonchev–Trinajstić information content (AvgIpc) is 1.92. The second-order valence-corrected chi connectivity index (χ2v) is 3.84. The predicted octanol–water partition coefficient (Wildman–Crippen LogP) is 0.947. The van der Waals surface area contributed by atoms with Crippen LogP contribution in [0.4, 0.5) is 0 Å². The molecule has 1 rings (SSSR count). The van der Waals surface area contributed by atoms with Gasteiger partial charge in [0.2, 0.25) is 0 Å². The molecule has 0 aliphatic carbocycles. The van der Waals surface area contributed by atoms with E-state index in [0.717, 1.165) is 6.07 Å². The molecule has 1 aromatic carbocycles. The van der Waals surface area contributed by atoms with Gasteiger partial charge in [-0.15, -0.1) is 0 Å². The molecule has 0 saturated heterocycles. The van der Waals surface area contributed by atoms with Crippen molar-refractivity contribution in [3.8, 4) is 5.75 Å². The summed E-state index contributed by atoms with van der Waals surface area (Å²) in [6.07, 6.45) is 0. The maximum atomic E-state index is 10.5. The zero-order chi connectivity index (χ0) is 9.35. The van der Waals surface area contributed by atoms with Crippen LogP contribution >= 0.6 is 0 Å². The van der Waals surface area contributed by atoms with Gasteiger partial charge in [0.25, 0.3) is 10.1 Å². The third-order valence-electron chi connectivity index (χ3n) is 1.48. The monoisotopic (exact) mass is 188 g/mol. The Bertz CT molecular complexity index is 394. The first-order valence-electron chi connectivity index (χ1n) is 3.18. The standard InChI is InChI=1S/C7H8O4S/c1-5-2-3-6(4-7(5)8)12(9,10)11/h2-4,8H,1H3,(H,9,10,11). The lowest BCUT2D eigenvalue weighted by molar-refractivity contribution is 0.463. The fraction of sp³-hybridized carbons (Fsp3) is 0.143. The number of hydrogen-bond donors (Lipinski definition) is 2. The van der Waals surface area contributed by atoms with Gasteiger partial charge >= 0.3 is 0 Å². The van der Waals surface area contributed by atoms with Crippen LogP contribution in [0.1, 0.15) is 5.56 Å². The summed E-state index contributed by atoms with van der Waals surface area (Å²) < 4.78 is 29.6. The van der Waals surface area contributed by atoms with Gasteiger partial charge in [-0.25, -0.2) is 0 Å². The van der Waals surface area contributed by atoms with E-state index in [1.807, 2.05) is 0 Å². The van der Waals surface area contributed by atoms with Crippen molar-refractivity contribution in [1.29, 1.82) is 0 Å². The third kappa shape index (κ3) is 1.75. The molecule has 4 nitrogen and oxygen atoms in total. The Morgan fingerprint density at radius 2 is 1.92 bits per heavy atom. The van der Waals surface area contributed by atoms with Crippen LogP contribution in [0.2, 0.25) is 0 Å². The number of aryl methyl sites for hydroxylation is 1. The summed E-state index contributed by atoms with van der Waals surface area (Å²) in [6.45, 7) is 1.63. The molecule has 0 aromatic heterocycles. The minimum absolute atomic E-state index is 0.148. The van der Waals surface area contributed by atoms with E-state index >= 15 is 0 Å². The first-order chi connectivity index (χ1) is 5.41. The summed E-state index contributed by atoms with van der Waals surface area (Å²) in [4.78, 5) is -0.300. The molecular weight excluding hydrogens is 180 g/mol. The molecule has 0 spiro atoms. The summed E-state index contributed by atoms with van der Waals surface area (Å²) in [5.41, 5.74) is 0.558. The van der Waals surface area contributed by atoms with E-state index in [4.69, 9.17) is 9.66 Å². The van der Waals surface area contributed by atoms with Crippen LogP contribution in [0.3, 0.4) is 0 Å². The van der Waals surface area contributed by atoms with Gasteiger partial charge in [0.15, 0.2) is 0 Å². The van der Waals surface area contributed by atoms with Crippen molar-refractivity contribution in [2.45, 2.75) is 11.8 Å². The van der Waals surface area contributed by atoms with Crippen molar-refractivity contribution in [2.75, 3.05) is 0 Å². The van der Waals surface area contributed by atoms with Gasteiger partial charge in [-0.05, 0) is 18.6 Å². The molecule has 12 heavy (non-hydrogen) atoms. The molecule has 0 aliphatic heterocycles. The molecule has 0 atom stereocenters. The van der Waals surface area contributed by atoms with E-state index in [1.165, 1.54) is 12.1 Å². The van der Waals surface area contributed by atoms with Crippen molar-refractivity contribution < 1.29 is 18.1 Å². The van der Waals surface area contributed by atoms with Crippen molar-refractivity contribution in [1.82, 2.24) is 0 Å². The highest BCUT2D eigenvalue weighted by Crippen LogP contribution is 2.20. The number of rotatable bonds is 1. The van der Waals surface area contributed by atoms with Gasteiger partial charge in [-0.2, -0.15) is 8.42 Å². The number of benzene rings is 1. The van der Waals surface area contributed by atoms with Gasteiger partial charge in [-0.1, -0.05) is 6.07 Å². The first-order valence-corrected chi connectivity index (χ1v) is 4.62. The molecule has 0 bridgehead atoms. The molecular formula is C7H8O4S. The third-order valence-corrected chi connectivity index (χ3v) is 2.33. The minimum atomic E-state index is -4.20. The van der Waals surface area contributed by atoms with Crippen LogP contribution in [0, 0.1) is 6.92 Å². The largest absolute Gasteiger partial charge is 0.508 e. The quantitative estimate of drug-likeness (QED) is 0.643. The minimum Gasteiger partial charge on any atom is -0.508 e. The second kappa shape index (κ2) is 2.76. The lowest BCUT2D eigenvalue weighted by Crippen LogP contribution is -1.97. The Hall–Kier alpha value is -1.07. The van der Waals surface area contributed by atoms with Crippen molar-refractivity contribution in [3.05, 3.63) is 23.8 Å². The molecule has 5 heteroatoms. The Balaban J connectivity index is 3.33. The first kappa shape index (κ1) is 9.02. The van der Waals surface area contributed by atoms with Gasteiger partial charge in [0, 0.05) is 6.07 Å². The summed E-state index contributed by atoms with van der Waals surface area (Å²) >= 11 is 0. The Morgan fingerprint density at radius 1 is 1.33 bits per heavy atom. The number of phenols is 1. The Kier molecular flexibility index (Phi) is 2.08. The predicted molar refractivity (Wildman–Crippen MR) is 42.7 cm³/mol. The van der Waals surface area contributed by atoms with E-state index in [9.17, 15) is 8.42 Å². The highest BCUT2D eigenvalue weighted by atomic mass is 32.2. The van der Waals surface area contributed by atoms with E-state index in [0.29, 0.717) is 5.56 Å². The average molecular weight is 188 g/mol. The van der Waals surface area contributed by atoms with Gasteiger partial charge in [-0.3, -0.25) is 4.55 Å². The highest BCUT2D eigenvalue weighted by molar-refractivity contribution is 7.85. The van der Waals surface area contributed by atoms with Gasteiger partial charge in [0.1, 0.15) is 5.75 Å². The number of phenolic OH excluding ortho intramolecular Hbond substituents is 1. The molecule has 0 amide bonds. The summed E-state index contributed by atoms with van der Waals surface area (Å²) in [6, 6.07) is 3.65. The van der Waals surface area contributed by atoms with Crippen molar-refractivity contribution in [3.63, 3.8) is 0 Å². The van der Waals surface area contributed by atoms with Gasteiger partial charge in [0.05, 0.1) is 4.90 Å². The van der Waals surface area contributed by atoms with E-state index in [2.05, 4.69) is 0 Å². The fourth-order valence-electron chi connectivity index (χ4n) is 0.750. The Morgan fingerprint density at radius 3 is 2.33 bits per heavy atom. The summed E-state index contributed by atoms with van der Waals surface area (Å²) in [5.74, 6) is -0.148. The summed E-state index contributed by atoms with van der Waals surface area (Å²) in [7, 11) is -4.20. The molecule has 2 N–H and O–H groups in total. The van der Waals surface area contributed by atoms with Gasteiger partial charge < -0.3 is 5.11 Å². The van der Waals surface area contributed by atoms with E-state index in [-0.39, 0.29) is 10.6 Å². The zero-order valence-electron chi connectivity index (χ0n) is 6.35. The summed E-state index contributed by atoms with van der Waals surface area (Å²) in [5, 5.41) is 9.09.